The molecule has 0 atom stereocenters. The number of benzene rings is 1. The fourth-order valence-corrected chi connectivity index (χ4v) is 1.66. The number of amides is 1. The van der Waals surface area contributed by atoms with E-state index in [1.165, 1.54) is 5.56 Å². The highest BCUT2D eigenvalue weighted by atomic mass is 16.1. The van der Waals surface area contributed by atoms with Crippen LogP contribution in [0.5, 0.6) is 0 Å². The van der Waals surface area contributed by atoms with Gasteiger partial charge in [-0.05, 0) is 37.6 Å². The zero-order valence-corrected chi connectivity index (χ0v) is 10.8. The number of hydrogen-bond acceptors (Lipinski definition) is 3. The summed E-state index contributed by atoms with van der Waals surface area (Å²) in [5.74, 6) is 0.0176. The maximum Gasteiger partial charge on any atom is 0.224 e. The topological polar surface area (TPSA) is 58.4 Å². The lowest BCUT2D eigenvalue weighted by molar-refractivity contribution is -0.116. The number of nitrogens with one attached hydrogen (secondary N) is 1. The highest BCUT2D eigenvalue weighted by molar-refractivity contribution is 5.91. The molecule has 17 heavy (non-hydrogen) atoms. The minimum atomic E-state index is 0.0176. The highest BCUT2D eigenvalue weighted by Crippen LogP contribution is 2.22. The molecule has 0 saturated heterocycles. The van der Waals surface area contributed by atoms with E-state index in [1.807, 2.05) is 37.2 Å². The molecule has 0 aliphatic rings. The molecule has 0 aromatic heterocycles. The molecule has 0 aliphatic heterocycles. The van der Waals surface area contributed by atoms with E-state index in [4.69, 9.17) is 5.73 Å². The summed E-state index contributed by atoms with van der Waals surface area (Å²) >= 11 is 0. The summed E-state index contributed by atoms with van der Waals surface area (Å²) in [6.45, 7) is 2.60. The molecule has 3 N–H and O–H groups in total. The molecule has 4 nitrogen and oxygen atoms in total. The summed E-state index contributed by atoms with van der Waals surface area (Å²) < 4.78 is 0. The fraction of sp³-hybridized carbons (Fsp3) is 0.462. The zero-order chi connectivity index (χ0) is 12.8. The maximum atomic E-state index is 11.6. The largest absolute Gasteiger partial charge is 0.377 e. The minimum Gasteiger partial charge on any atom is -0.377 e. The van der Waals surface area contributed by atoms with E-state index in [9.17, 15) is 4.79 Å². The Morgan fingerprint density at radius 2 is 2.12 bits per heavy atom. The van der Waals surface area contributed by atoms with Crippen LogP contribution in [0.25, 0.3) is 0 Å². The van der Waals surface area contributed by atoms with E-state index in [2.05, 4.69) is 12.2 Å². The van der Waals surface area contributed by atoms with Crippen molar-refractivity contribution >= 4 is 17.3 Å². The van der Waals surface area contributed by atoms with Gasteiger partial charge in [-0.25, -0.2) is 0 Å². The Labute approximate surface area is 103 Å². The Balaban J connectivity index is 2.72. The molecular formula is C13H21N3O. The van der Waals surface area contributed by atoms with E-state index < -0.39 is 0 Å². The number of hydrogen-bond donors (Lipinski definition) is 2. The summed E-state index contributed by atoms with van der Waals surface area (Å²) in [7, 11) is 3.98. The van der Waals surface area contributed by atoms with Gasteiger partial charge in [0.15, 0.2) is 0 Å². The van der Waals surface area contributed by atoms with Gasteiger partial charge in [0.05, 0.1) is 0 Å². The molecule has 0 spiro atoms. The molecule has 94 valence electrons. The molecule has 4 heteroatoms. The number of carbonyl (C=O) groups is 1. The van der Waals surface area contributed by atoms with Crippen molar-refractivity contribution in [3.63, 3.8) is 0 Å². The summed E-state index contributed by atoms with van der Waals surface area (Å²) in [6, 6.07) is 5.91. The number of nitrogens with zero attached hydrogens (tertiary/aromatic N) is 1. The van der Waals surface area contributed by atoms with Gasteiger partial charge in [-0.1, -0.05) is 6.07 Å². The minimum absolute atomic E-state index is 0.0176. The van der Waals surface area contributed by atoms with Crippen molar-refractivity contribution in [2.24, 2.45) is 5.73 Å². The van der Waals surface area contributed by atoms with Crippen molar-refractivity contribution in [1.82, 2.24) is 0 Å². The third-order valence-electron chi connectivity index (χ3n) is 2.58. The van der Waals surface area contributed by atoms with Crippen molar-refractivity contribution in [2.45, 2.75) is 19.8 Å². The van der Waals surface area contributed by atoms with Crippen LogP contribution in [0.3, 0.4) is 0 Å². The van der Waals surface area contributed by atoms with Crippen LogP contribution in [0.15, 0.2) is 18.2 Å². The van der Waals surface area contributed by atoms with Gasteiger partial charge >= 0.3 is 0 Å². The summed E-state index contributed by atoms with van der Waals surface area (Å²) in [4.78, 5) is 13.6. The lowest BCUT2D eigenvalue weighted by atomic mass is 10.1. The first-order valence-corrected chi connectivity index (χ1v) is 5.82. The molecule has 1 amide bonds. The van der Waals surface area contributed by atoms with Gasteiger partial charge in [0.2, 0.25) is 5.91 Å². The second-order valence-electron chi connectivity index (χ2n) is 4.34. The van der Waals surface area contributed by atoms with Gasteiger partial charge in [0.1, 0.15) is 0 Å². The van der Waals surface area contributed by atoms with Gasteiger partial charge in [-0.3, -0.25) is 4.79 Å². The van der Waals surface area contributed by atoms with Crippen LogP contribution in [0.1, 0.15) is 18.4 Å². The second-order valence-corrected chi connectivity index (χ2v) is 4.34. The zero-order valence-electron chi connectivity index (χ0n) is 10.8. The highest BCUT2D eigenvalue weighted by Gasteiger charge is 2.05. The second kappa shape index (κ2) is 6.25. The van der Waals surface area contributed by atoms with Gasteiger partial charge in [-0.15, -0.1) is 0 Å². The number of anilines is 2. The normalized spacial score (nSPS) is 10.1. The first-order chi connectivity index (χ1) is 8.04. The first-order valence-electron chi connectivity index (χ1n) is 5.82. The molecule has 1 rings (SSSR count). The SMILES string of the molecule is Cc1ccc(NC(=O)CCCN)cc1N(C)C. The number of aryl methyl sites for hydroxylation is 1. The van der Waals surface area contributed by atoms with Crippen LogP contribution in [-0.4, -0.2) is 26.5 Å². The Morgan fingerprint density at radius 3 is 2.71 bits per heavy atom. The van der Waals surface area contributed by atoms with E-state index >= 15 is 0 Å². The molecule has 1 aromatic rings. The monoisotopic (exact) mass is 235 g/mol. The van der Waals surface area contributed by atoms with E-state index in [1.54, 1.807) is 0 Å². The third-order valence-corrected chi connectivity index (χ3v) is 2.58. The van der Waals surface area contributed by atoms with Crippen LogP contribution >= 0.6 is 0 Å². The molecule has 0 heterocycles. The number of rotatable bonds is 5. The number of carbonyl (C=O) groups excluding carboxylic acids is 1. The Bertz CT molecular complexity index is 388. The first kappa shape index (κ1) is 13.5. The standard InChI is InChI=1S/C13H21N3O/c1-10-6-7-11(9-12(10)16(2)3)15-13(17)5-4-8-14/h6-7,9H,4-5,8,14H2,1-3H3,(H,15,17). The van der Waals surface area contributed by atoms with Crippen LogP contribution in [-0.2, 0) is 4.79 Å². The van der Waals surface area contributed by atoms with Crippen LogP contribution in [0, 0.1) is 6.92 Å². The van der Waals surface area contributed by atoms with Crippen molar-refractivity contribution in [1.29, 1.82) is 0 Å². The smallest absolute Gasteiger partial charge is 0.224 e. The molecule has 0 radical (unpaired) electrons. The van der Waals surface area contributed by atoms with Crippen LogP contribution in [0.4, 0.5) is 11.4 Å². The molecule has 1 aromatic carbocycles. The van der Waals surface area contributed by atoms with Gasteiger partial charge in [0.25, 0.3) is 0 Å². The van der Waals surface area contributed by atoms with Gasteiger partial charge < -0.3 is 16.0 Å². The summed E-state index contributed by atoms with van der Waals surface area (Å²) in [6.07, 6.45) is 1.19. The van der Waals surface area contributed by atoms with Gasteiger partial charge in [-0.2, -0.15) is 0 Å². The average molecular weight is 235 g/mol. The van der Waals surface area contributed by atoms with Crippen molar-refractivity contribution in [2.75, 3.05) is 30.9 Å². The summed E-state index contributed by atoms with van der Waals surface area (Å²) in [5, 5.41) is 2.88. The molecule has 0 fully saturated rings. The molecule has 0 saturated carbocycles. The number of nitrogens with two attached hydrogens (primary N) is 1. The van der Waals surface area contributed by atoms with E-state index in [0.29, 0.717) is 13.0 Å². The Hall–Kier alpha value is -1.55. The van der Waals surface area contributed by atoms with E-state index in [-0.39, 0.29) is 5.91 Å². The predicted molar refractivity (Wildman–Crippen MR) is 72.4 cm³/mol. The molecular weight excluding hydrogens is 214 g/mol. The molecule has 0 aliphatic carbocycles. The third kappa shape index (κ3) is 4.07. The lowest BCUT2D eigenvalue weighted by Crippen LogP contribution is -2.15. The lowest BCUT2D eigenvalue weighted by Gasteiger charge is -2.17. The van der Waals surface area contributed by atoms with Crippen LogP contribution in [0.2, 0.25) is 0 Å². The van der Waals surface area contributed by atoms with Crippen molar-refractivity contribution in [3.05, 3.63) is 23.8 Å². The molecule has 0 unspecified atom stereocenters. The maximum absolute atomic E-state index is 11.6. The predicted octanol–water partition coefficient (Wildman–Crippen LogP) is 1.74. The summed E-state index contributed by atoms with van der Waals surface area (Å²) in [5.41, 5.74) is 8.50. The van der Waals surface area contributed by atoms with Crippen molar-refractivity contribution in [3.8, 4) is 0 Å². The van der Waals surface area contributed by atoms with Crippen LogP contribution < -0.4 is 16.0 Å². The van der Waals surface area contributed by atoms with E-state index in [0.717, 1.165) is 17.8 Å². The van der Waals surface area contributed by atoms with Crippen molar-refractivity contribution < 1.29 is 4.79 Å². The quantitative estimate of drug-likeness (QED) is 0.817. The van der Waals surface area contributed by atoms with Gasteiger partial charge in [0, 0.05) is 31.9 Å². The Kier molecular flexibility index (Phi) is 4.97. The molecule has 0 bridgehead atoms. The average Bonchev–Trinajstić information content (AvgIpc) is 2.28. The Morgan fingerprint density at radius 1 is 1.41 bits per heavy atom. The fourth-order valence-electron chi connectivity index (χ4n) is 1.66.